The average molecular weight is 252 g/mol. The lowest BCUT2D eigenvalue weighted by molar-refractivity contribution is 0.125. The Kier molecular flexibility index (Phi) is 5.08. The first-order chi connectivity index (χ1) is 8.59. The second-order valence-corrected chi connectivity index (χ2v) is 7.08. The lowest BCUT2D eigenvalue weighted by Crippen LogP contribution is -2.47. The van der Waals surface area contributed by atoms with Crippen LogP contribution in [0.4, 0.5) is 0 Å². The van der Waals surface area contributed by atoms with Crippen LogP contribution in [0.5, 0.6) is 0 Å². The third-order valence-corrected chi connectivity index (χ3v) is 5.09. The predicted octanol–water partition coefficient (Wildman–Crippen LogP) is 3.42. The molecule has 2 saturated heterocycles. The molecule has 0 amide bonds. The quantitative estimate of drug-likeness (QED) is 0.825. The minimum atomic E-state index is 0.443. The zero-order valence-electron chi connectivity index (χ0n) is 12.7. The molecule has 2 unspecified atom stereocenters. The van der Waals surface area contributed by atoms with E-state index < -0.39 is 0 Å². The largest absolute Gasteiger partial charge is 0.312 e. The third-order valence-electron chi connectivity index (χ3n) is 5.09. The van der Waals surface area contributed by atoms with Crippen LogP contribution >= 0.6 is 0 Å². The van der Waals surface area contributed by atoms with Gasteiger partial charge in [-0.3, -0.25) is 0 Å². The van der Waals surface area contributed by atoms with Crippen molar-refractivity contribution in [3.8, 4) is 0 Å². The van der Waals surface area contributed by atoms with Crippen LogP contribution in [-0.2, 0) is 0 Å². The van der Waals surface area contributed by atoms with Crippen LogP contribution in [0.15, 0.2) is 0 Å². The lowest BCUT2D eigenvalue weighted by atomic mass is 9.82. The Morgan fingerprint density at radius 2 is 2.11 bits per heavy atom. The highest BCUT2D eigenvalue weighted by molar-refractivity contribution is 4.88. The van der Waals surface area contributed by atoms with Crippen molar-refractivity contribution >= 4 is 0 Å². The van der Waals surface area contributed by atoms with E-state index >= 15 is 0 Å². The van der Waals surface area contributed by atoms with Crippen LogP contribution in [0.1, 0.15) is 65.7 Å². The van der Waals surface area contributed by atoms with E-state index in [9.17, 15) is 0 Å². The number of likely N-dealkylation sites (tertiary alicyclic amines) is 1. The van der Waals surface area contributed by atoms with E-state index in [-0.39, 0.29) is 0 Å². The standard InChI is InChI=1S/C16H32N2/c1-14(2)18-12-6-7-15(13-18)8-10-16(3)9-4-5-11-17-16/h14-15,17H,4-13H2,1-3H3. The highest BCUT2D eigenvalue weighted by atomic mass is 15.2. The van der Waals surface area contributed by atoms with Gasteiger partial charge in [-0.05, 0) is 78.3 Å². The maximum absolute atomic E-state index is 3.76. The van der Waals surface area contributed by atoms with Crippen LogP contribution in [-0.4, -0.2) is 36.1 Å². The molecule has 2 nitrogen and oxygen atoms in total. The van der Waals surface area contributed by atoms with Crippen molar-refractivity contribution in [1.82, 2.24) is 10.2 Å². The summed E-state index contributed by atoms with van der Waals surface area (Å²) >= 11 is 0. The van der Waals surface area contributed by atoms with Gasteiger partial charge in [-0.15, -0.1) is 0 Å². The Morgan fingerprint density at radius 1 is 1.28 bits per heavy atom. The minimum absolute atomic E-state index is 0.443. The molecule has 0 radical (unpaired) electrons. The number of hydrogen-bond donors (Lipinski definition) is 1. The first-order valence-corrected chi connectivity index (χ1v) is 8.08. The lowest BCUT2D eigenvalue weighted by Gasteiger charge is -2.39. The molecule has 2 atom stereocenters. The summed E-state index contributed by atoms with van der Waals surface area (Å²) in [4.78, 5) is 2.67. The molecular formula is C16H32N2. The molecule has 18 heavy (non-hydrogen) atoms. The van der Waals surface area contributed by atoms with Crippen LogP contribution in [0.25, 0.3) is 0 Å². The fraction of sp³-hybridized carbons (Fsp3) is 1.00. The van der Waals surface area contributed by atoms with Gasteiger partial charge in [-0.1, -0.05) is 6.42 Å². The maximum Gasteiger partial charge on any atom is 0.0153 e. The maximum atomic E-state index is 3.76. The molecule has 1 N–H and O–H groups in total. The van der Waals surface area contributed by atoms with E-state index in [1.807, 2.05) is 0 Å². The summed E-state index contributed by atoms with van der Waals surface area (Å²) in [5.74, 6) is 0.946. The molecule has 0 aromatic heterocycles. The number of nitrogens with zero attached hydrogens (tertiary/aromatic N) is 1. The molecule has 2 rings (SSSR count). The van der Waals surface area contributed by atoms with Crippen molar-refractivity contribution in [2.75, 3.05) is 19.6 Å². The second-order valence-electron chi connectivity index (χ2n) is 7.08. The summed E-state index contributed by atoms with van der Waals surface area (Å²) in [6.45, 7) is 11.0. The molecule has 0 aliphatic carbocycles. The van der Waals surface area contributed by atoms with Gasteiger partial charge >= 0.3 is 0 Å². The van der Waals surface area contributed by atoms with Crippen molar-refractivity contribution in [3.05, 3.63) is 0 Å². The van der Waals surface area contributed by atoms with Crippen LogP contribution in [0.2, 0.25) is 0 Å². The van der Waals surface area contributed by atoms with Crippen molar-refractivity contribution in [1.29, 1.82) is 0 Å². The summed E-state index contributed by atoms with van der Waals surface area (Å²) in [7, 11) is 0. The molecular weight excluding hydrogens is 220 g/mol. The second kappa shape index (κ2) is 6.38. The average Bonchev–Trinajstić information content (AvgIpc) is 2.38. The molecule has 2 aliphatic heterocycles. The Morgan fingerprint density at radius 3 is 2.78 bits per heavy atom. The van der Waals surface area contributed by atoms with Crippen molar-refractivity contribution in [2.24, 2.45) is 5.92 Å². The molecule has 106 valence electrons. The summed E-state index contributed by atoms with van der Waals surface area (Å²) in [6, 6.07) is 0.733. The predicted molar refractivity (Wildman–Crippen MR) is 78.9 cm³/mol. The molecule has 0 saturated carbocycles. The van der Waals surface area contributed by atoms with Gasteiger partial charge in [0.25, 0.3) is 0 Å². The number of rotatable bonds is 4. The topological polar surface area (TPSA) is 15.3 Å². The van der Waals surface area contributed by atoms with Crippen LogP contribution in [0, 0.1) is 5.92 Å². The van der Waals surface area contributed by atoms with E-state index in [0.717, 1.165) is 12.0 Å². The Labute approximate surface area is 114 Å². The van der Waals surface area contributed by atoms with Gasteiger partial charge in [-0.2, -0.15) is 0 Å². The molecule has 0 aromatic carbocycles. The van der Waals surface area contributed by atoms with Gasteiger partial charge in [0.15, 0.2) is 0 Å². The summed E-state index contributed by atoms with van der Waals surface area (Å²) in [5, 5.41) is 3.76. The number of nitrogens with one attached hydrogen (secondary N) is 1. The molecule has 0 aromatic rings. The zero-order valence-corrected chi connectivity index (χ0v) is 12.7. The Bertz CT molecular complexity index is 243. The van der Waals surface area contributed by atoms with E-state index in [2.05, 4.69) is 31.0 Å². The van der Waals surface area contributed by atoms with Crippen molar-refractivity contribution in [2.45, 2.75) is 77.3 Å². The molecule has 2 heterocycles. The smallest absolute Gasteiger partial charge is 0.0153 e. The van der Waals surface area contributed by atoms with E-state index in [1.54, 1.807) is 0 Å². The fourth-order valence-corrected chi connectivity index (χ4v) is 3.66. The first kappa shape index (κ1) is 14.3. The van der Waals surface area contributed by atoms with Crippen molar-refractivity contribution in [3.63, 3.8) is 0 Å². The van der Waals surface area contributed by atoms with Gasteiger partial charge in [0.05, 0.1) is 0 Å². The molecule has 2 fully saturated rings. The van der Waals surface area contributed by atoms with E-state index in [0.29, 0.717) is 5.54 Å². The monoisotopic (exact) mass is 252 g/mol. The molecule has 2 heteroatoms. The van der Waals surface area contributed by atoms with Crippen molar-refractivity contribution < 1.29 is 0 Å². The number of hydrogen-bond acceptors (Lipinski definition) is 2. The molecule has 0 bridgehead atoms. The van der Waals surface area contributed by atoms with E-state index in [4.69, 9.17) is 0 Å². The number of piperidine rings is 2. The van der Waals surface area contributed by atoms with Gasteiger partial charge < -0.3 is 10.2 Å². The Hall–Kier alpha value is -0.0800. The third kappa shape index (κ3) is 3.96. The van der Waals surface area contributed by atoms with Crippen LogP contribution in [0.3, 0.4) is 0 Å². The van der Waals surface area contributed by atoms with Gasteiger partial charge in [0.1, 0.15) is 0 Å². The van der Waals surface area contributed by atoms with Gasteiger partial charge in [-0.25, -0.2) is 0 Å². The highest BCUT2D eigenvalue weighted by Crippen LogP contribution is 2.29. The van der Waals surface area contributed by atoms with Gasteiger partial charge in [0, 0.05) is 18.1 Å². The Balaban J connectivity index is 1.75. The summed E-state index contributed by atoms with van der Waals surface area (Å²) < 4.78 is 0. The first-order valence-electron chi connectivity index (χ1n) is 8.08. The van der Waals surface area contributed by atoms with Crippen LogP contribution < -0.4 is 5.32 Å². The normalized spacial score (nSPS) is 35.0. The molecule has 2 aliphatic rings. The highest BCUT2D eigenvalue weighted by Gasteiger charge is 2.28. The summed E-state index contributed by atoms with van der Waals surface area (Å²) in [5.41, 5.74) is 0.443. The SMILES string of the molecule is CC(C)N1CCCC(CCC2(C)CCCCN2)C1. The minimum Gasteiger partial charge on any atom is -0.312 e. The fourth-order valence-electron chi connectivity index (χ4n) is 3.66. The summed E-state index contributed by atoms with van der Waals surface area (Å²) in [6.07, 6.45) is 9.85. The molecule has 0 spiro atoms. The zero-order chi connectivity index (χ0) is 13.0. The van der Waals surface area contributed by atoms with Gasteiger partial charge in [0.2, 0.25) is 0 Å². The van der Waals surface area contributed by atoms with E-state index in [1.165, 1.54) is 64.6 Å².